The molecule has 0 N–H and O–H groups in total. The number of hydrogen-bond donors (Lipinski definition) is 0. The number of esters is 1. The van der Waals surface area contributed by atoms with Gasteiger partial charge in [0.15, 0.2) is 0 Å². The summed E-state index contributed by atoms with van der Waals surface area (Å²) in [5.41, 5.74) is 0.390. The Kier molecular flexibility index (Phi) is 5.27. The third kappa shape index (κ3) is 4.50. The highest BCUT2D eigenvalue weighted by molar-refractivity contribution is 5.70. The summed E-state index contributed by atoms with van der Waals surface area (Å²) >= 11 is 0. The van der Waals surface area contributed by atoms with E-state index in [1.165, 1.54) is 7.11 Å². The molecule has 1 rings (SSSR count). The summed E-state index contributed by atoms with van der Waals surface area (Å²) in [5, 5.41) is 0. The largest absolute Gasteiger partial charge is 0.497 e. The van der Waals surface area contributed by atoms with Crippen molar-refractivity contribution in [2.75, 3.05) is 13.7 Å². The first-order valence-corrected chi connectivity index (χ1v) is 6.05. The predicted molar refractivity (Wildman–Crippen MR) is 67.6 cm³/mol. The number of rotatable bonds is 6. The maximum atomic E-state index is 13.6. The molecule has 106 valence electrons. The van der Waals surface area contributed by atoms with Gasteiger partial charge in [0.05, 0.1) is 26.1 Å². The minimum absolute atomic E-state index is 0.184. The molecule has 1 aromatic rings. The van der Waals surface area contributed by atoms with Crippen LogP contribution in [0.3, 0.4) is 0 Å². The Balaban J connectivity index is 2.93. The van der Waals surface area contributed by atoms with Crippen LogP contribution in [-0.4, -0.2) is 25.6 Å². The fourth-order valence-electron chi connectivity index (χ4n) is 1.81. The van der Waals surface area contributed by atoms with Gasteiger partial charge in [-0.15, -0.1) is 0 Å². The third-order valence-corrected chi connectivity index (χ3v) is 2.81. The van der Waals surface area contributed by atoms with Crippen LogP contribution in [0.15, 0.2) is 24.3 Å². The van der Waals surface area contributed by atoms with Crippen molar-refractivity contribution >= 4 is 5.97 Å². The van der Waals surface area contributed by atoms with Crippen LogP contribution >= 0.6 is 0 Å². The number of hydrogen-bond acceptors (Lipinski definition) is 3. The van der Waals surface area contributed by atoms with Crippen molar-refractivity contribution < 1.29 is 23.0 Å². The van der Waals surface area contributed by atoms with Crippen LogP contribution in [0.4, 0.5) is 8.78 Å². The highest BCUT2D eigenvalue weighted by atomic mass is 19.3. The quantitative estimate of drug-likeness (QED) is 0.745. The van der Waals surface area contributed by atoms with Gasteiger partial charge in [0.1, 0.15) is 5.75 Å². The molecule has 0 bridgehead atoms. The molecule has 0 saturated heterocycles. The van der Waals surface area contributed by atoms with Gasteiger partial charge in [-0.05, 0) is 31.5 Å². The topological polar surface area (TPSA) is 35.5 Å². The van der Waals surface area contributed by atoms with Crippen molar-refractivity contribution in [3.63, 3.8) is 0 Å². The molecule has 0 aliphatic carbocycles. The molecule has 0 saturated carbocycles. The molecule has 5 heteroatoms. The van der Waals surface area contributed by atoms with Crippen LogP contribution in [0.5, 0.6) is 5.75 Å². The molecule has 1 unspecified atom stereocenters. The SMILES string of the molecule is CCOC(=O)CC(c1ccc(OC)cc1)C(C)(F)F. The van der Waals surface area contributed by atoms with Crippen molar-refractivity contribution in [1.82, 2.24) is 0 Å². The van der Waals surface area contributed by atoms with E-state index in [4.69, 9.17) is 9.47 Å². The summed E-state index contributed by atoms with van der Waals surface area (Å²) in [7, 11) is 1.50. The minimum atomic E-state index is -3.00. The summed E-state index contributed by atoms with van der Waals surface area (Å²) in [6.07, 6.45) is -0.344. The molecule has 0 radical (unpaired) electrons. The fourth-order valence-corrected chi connectivity index (χ4v) is 1.81. The first-order chi connectivity index (χ1) is 8.88. The lowest BCUT2D eigenvalue weighted by molar-refractivity contribution is -0.146. The molecule has 19 heavy (non-hydrogen) atoms. The molecule has 0 aliphatic rings. The number of halogens is 2. The lowest BCUT2D eigenvalue weighted by Crippen LogP contribution is -2.25. The van der Waals surface area contributed by atoms with Crippen LogP contribution < -0.4 is 4.74 Å². The number of carbonyl (C=O) groups is 1. The third-order valence-electron chi connectivity index (χ3n) is 2.81. The first kappa shape index (κ1) is 15.4. The standard InChI is InChI=1S/C14H18F2O3/c1-4-19-13(17)9-12(14(2,15)16)10-5-7-11(18-3)8-6-10/h5-8,12H,4,9H2,1-3H3. The van der Waals surface area contributed by atoms with Gasteiger partial charge in [0, 0.05) is 0 Å². The maximum absolute atomic E-state index is 13.6. The smallest absolute Gasteiger partial charge is 0.306 e. The van der Waals surface area contributed by atoms with E-state index < -0.39 is 17.8 Å². The van der Waals surface area contributed by atoms with Crippen LogP contribution in [0.2, 0.25) is 0 Å². The summed E-state index contributed by atoms with van der Waals surface area (Å²) in [6, 6.07) is 6.28. The van der Waals surface area contributed by atoms with Crippen LogP contribution in [0.1, 0.15) is 31.7 Å². The summed E-state index contributed by atoms with van der Waals surface area (Å²) in [4.78, 5) is 11.4. The second kappa shape index (κ2) is 6.50. The summed E-state index contributed by atoms with van der Waals surface area (Å²) < 4.78 is 36.9. The van der Waals surface area contributed by atoms with Crippen molar-refractivity contribution in [2.45, 2.75) is 32.1 Å². The molecular formula is C14H18F2O3. The van der Waals surface area contributed by atoms with Gasteiger partial charge < -0.3 is 9.47 Å². The highest BCUT2D eigenvalue weighted by Crippen LogP contribution is 2.36. The molecule has 0 aromatic heterocycles. The number of methoxy groups -OCH3 is 1. The molecule has 0 fully saturated rings. The Hall–Kier alpha value is -1.65. The molecule has 0 heterocycles. The van der Waals surface area contributed by atoms with Gasteiger partial charge in [0.25, 0.3) is 5.92 Å². The summed E-state index contributed by atoms with van der Waals surface area (Å²) in [6.45, 7) is 2.63. The van der Waals surface area contributed by atoms with E-state index in [9.17, 15) is 13.6 Å². The van der Waals surface area contributed by atoms with Gasteiger partial charge in [-0.1, -0.05) is 12.1 Å². The van der Waals surface area contributed by atoms with E-state index in [0.29, 0.717) is 11.3 Å². The Labute approximate surface area is 111 Å². The van der Waals surface area contributed by atoms with Gasteiger partial charge in [0.2, 0.25) is 0 Å². The zero-order valence-electron chi connectivity index (χ0n) is 11.3. The van der Waals surface area contributed by atoms with Crippen molar-refractivity contribution in [3.8, 4) is 5.75 Å². The Morgan fingerprint density at radius 1 is 1.32 bits per heavy atom. The number of benzene rings is 1. The Morgan fingerprint density at radius 2 is 1.89 bits per heavy atom. The van der Waals surface area contributed by atoms with Gasteiger partial charge >= 0.3 is 5.97 Å². The Morgan fingerprint density at radius 3 is 2.32 bits per heavy atom. The van der Waals surface area contributed by atoms with E-state index in [0.717, 1.165) is 6.92 Å². The molecule has 3 nitrogen and oxygen atoms in total. The molecule has 0 spiro atoms. The average molecular weight is 272 g/mol. The zero-order valence-corrected chi connectivity index (χ0v) is 11.3. The van der Waals surface area contributed by atoms with Crippen LogP contribution in [0, 0.1) is 0 Å². The van der Waals surface area contributed by atoms with Gasteiger partial charge in [-0.25, -0.2) is 8.78 Å². The second-order valence-corrected chi connectivity index (χ2v) is 4.29. The lowest BCUT2D eigenvalue weighted by atomic mass is 9.90. The Bertz CT molecular complexity index is 410. The zero-order chi connectivity index (χ0) is 14.5. The van der Waals surface area contributed by atoms with E-state index in [1.807, 2.05) is 0 Å². The molecular weight excluding hydrogens is 254 g/mol. The van der Waals surface area contributed by atoms with Gasteiger partial charge in [-0.3, -0.25) is 4.79 Å². The van der Waals surface area contributed by atoms with Crippen LogP contribution in [-0.2, 0) is 9.53 Å². The van der Waals surface area contributed by atoms with E-state index in [2.05, 4.69) is 0 Å². The first-order valence-electron chi connectivity index (χ1n) is 6.05. The van der Waals surface area contributed by atoms with E-state index >= 15 is 0 Å². The van der Waals surface area contributed by atoms with Crippen LogP contribution in [0.25, 0.3) is 0 Å². The average Bonchev–Trinajstić information content (AvgIpc) is 2.35. The summed E-state index contributed by atoms with van der Waals surface area (Å²) in [5.74, 6) is -4.23. The van der Waals surface area contributed by atoms with Crippen molar-refractivity contribution in [2.24, 2.45) is 0 Å². The van der Waals surface area contributed by atoms with E-state index in [1.54, 1.807) is 31.2 Å². The molecule has 0 aliphatic heterocycles. The van der Waals surface area contributed by atoms with E-state index in [-0.39, 0.29) is 13.0 Å². The number of carbonyl (C=O) groups excluding carboxylic acids is 1. The normalized spacial score (nSPS) is 12.9. The second-order valence-electron chi connectivity index (χ2n) is 4.29. The lowest BCUT2D eigenvalue weighted by Gasteiger charge is -2.23. The van der Waals surface area contributed by atoms with Gasteiger partial charge in [-0.2, -0.15) is 0 Å². The highest BCUT2D eigenvalue weighted by Gasteiger charge is 2.37. The minimum Gasteiger partial charge on any atom is -0.497 e. The molecule has 0 amide bonds. The number of ether oxygens (including phenoxy) is 2. The van der Waals surface area contributed by atoms with Crippen molar-refractivity contribution in [1.29, 1.82) is 0 Å². The number of alkyl halides is 2. The molecule has 1 atom stereocenters. The fraction of sp³-hybridized carbons (Fsp3) is 0.500. The monoisotopic (exact) mass is 272 g/mol. The van der Waals surface area contributed by atoms with Crippen molar-refractivity contribution in [3.05, 3.63) is 29.8 Å². The maximum Gasteiger partial charge on any atom is 0.306 e. The molecule has 1 aromatic carbocycles. The predicted octanol–water partition coefficient (Wildman–Crippen LogP) is 3.39.